The second kappa shape index (κ2) is 7.31. The molecule has 0 amide bonds. The van der Waals surface area contributed by atoms with Gasteiger partial charge < -0.3 is 4.90 Å². The smallest absolute Gasteiger partial charge is 0.146 e. The van der Waals surface area contributed by atoms with Crippen LogP contribution in [-0.4, -0.2) is 41.0 Å². The first-order valence-corrected chi connectivity index (χ1v) is 9.90. The Balaban J connectivity index is 1.37. The third kappa shape index (κ3) is 3.56. The van der Waals surface area contributed by atoms with Crippen molar-refractivity contribution in [2.75, 3.05) is 31.1 Å². The first-order chi connectivity index (χ1) is 12.3. The fourth-order valence-corrected chi connectivity index (χ4v) is 4.60. The number of thiophene rings is 1. The van der Waals surface area contributed by atoms with Gasteiger partial charge in [0.1, 0.15) is 16.9 Å². The van der Waals surface area contributed by atoms with E-state index in [-0.39, 0.29) is 0 Å². The predicted molar refractivity (Wildman–Crippen MR) is 102 cm³/mol. The summed E-state index contributed by atoms with van der Waals surface area (Å²) in [5.41, 5.74) is 1.79. The highest BCUT2D eigenvalue weighted by atomic mass is 32.1. The Morgan fingerprint density at radius 2 is 2.00 bits per heavy atom. The molecule has 1 aliphatic heterocycles. The van der Waals surface area contributed by atoms with Crippen LogP contribution in [0.3, 0.4) is 0 Å². The summed E-state index contributed by atoms with van der Waals surface area (Å²) in [7, 11) is 0. The van der Waals surface area contributed by atoms with Crippen molar-refractivity contribution >= 4 is 28.5 Å². The average Bonchev–Trinajstić information content (AvgIpc) is 3.34. The molecule has 126 valence electrons. The van der Waals surface area contributed by atoms with E-state index < -0.39 is 0 Å². The number of anilines is 1. The molecule has 0 spiro atoms. The van der Waals surface area contributed by atoms with E-state index in [1.807, 2.05) is 12.1 Å². The molecule has 0 aliphatic carbocycles. The highest BCUT2D eigenvalue weighted by Gasteiger charge is 2.21. The number of nitrogens with zero attached hydrogens (tertiary/aromatic N) is 5. The normalized spacial score (nSPS) is 15.2. The van der Waals surface area contributed by atoms with Gasteiger partial charge in [0.15, 0.2) is 0 Å². The van der Waals surface area contributed by atoms with Crippen LogP contribution in [0.5, 0.6) is 0 Å². The lowest BCUT2D eigenvalue weighted by Crippen LogP contribution is -2.46. The Bertz CT molecular complexity index is 873. The summed E-state index contributed by atoms with van der Waals surface area (Å²) >= 11 is 3.45. The third-order valence-electron chi connectivity index (χ3n) is 4.25. The molecule has 0 saturated carbocycles. The number of thiazole rings is 1. The van der Waals surface area contributed by atoms with Crippen molar-refractivity contribution in [3.8, 4) is 16.0 Å². The number of nitriles is 1. The van der Waals surface area contributed by atoms with Gasteiger partial charge in [-0.05, 0) is 23.6 Å². The van der Waals surface area contributed by atoms with Gasteiger partial charge in [-0.25, -0.2) is 9.97 Å². The first-order valence-electron chi connectivity index (χ1n) is 8.14. The number of rotatable bonds is 4. The van der Waals surface area contributed by atoms with Gasteiger partial charge in [0.25, 0.3) is 0 Å². The number of pyridine rings is 1. The maximum Gasteiger partial charge on any atom is 0.146 e. The van der Waals surface area contributed by atoms with Gasteiger partial charge in [0, 0.05) is 44.3 Å². The molecule has 4 heterocycles. The fraction of sp³-hybridized carbons (Fsp3) is 0.278. The van der Waals surface area contributed by atoms with Crippen LogP contribution in [0.4, 0.5) is 5.82 Å². The van der Waals surface area contributed by atoms with Gasteiger partial charge in [-0.3, -0.25) is 4.90 Å². The molecule has 0 atom stereocenters. The van der Waals surface area contributed by atoms with Crippen LogP contribution in [0.15, 0.2) is 41.2 Å². The van der Waals surface area contributed by atoms with Crippen LogP contribution in [0.2, 0.25) is 0 Å². The SMILES string of the molecule is N#Cc1cccnc1N1CCN(Cc2csc(-c3cccs3)n2)CC1. The molecule has 0 bridgehead atoms. The Hall–Kier alpha value is -2.27. The highest BCUT2D eigenvalue weighted by molar-refractivity contribution is 7.20. The molecule has 0 unspecified atom stereocenters. The van der Waals surface area contributed by atoms with Gasteiger partial charge in [-0.2, -0.15) is 5.26 Å². The molecule has 1 fully saturated rings. The van der Waals surface area contributed by atoms with Crippen LogP contribution in [-0.2, 0) is 6.54 Å². The van der Waals surface area contributed by atoms with Crippen molar-refractivity contribution in [1.29, 1.82) is 5.26 Å². The van der Waals surface area contributed by atoms with E-state index >= 15 is 0 Å². The number of hydrogen-bond donors (Lipinski definition) is 0. The lowest BCUT2D eigenvalue weighted by molar-refractivity contribution is 0.247. The van der Waals surface area contributed by atoms with Crippen LogP contribution in [0.25, 0.3) is 9.88 Å². The molecule has 0 radical (unpaired) electrons. The van der Waals surface area contributed by atoms with Crippen LogP contribution < -0.4 is 4.90 Å². The molecule has 5 nitrogen and oxygen atoms in total. The lowest BCUT2D eigenvalue weighted by Gasteiger charge is -2.35. The molecule has 4 rings (SSSR count). The van der Waals surface area contributed by atoms with Gasteiger partial charge >= 0.3 is 0 Å². The molecule has 1 aliphatic rings. The van der Waals surface area contributed by atoms with Crippen molar-refractivity contribution in [3.05, 3.63) is 52.5 Å². The summed E-state index contributed by atoms with van der Waals surface area (Å²) in [4.78, 5) is 15.0. The summed E-state index contributed by atoms with van der Waals surface area (Å²) in [5.74, 6) is 0.804. The molecule has 1 saturated heterocycles. The fourth-order valence-electron chi connectivity index (χ4n) is 2.98. The minimum absolute atomic E-state index is 0.649. The van der Waals surface area contributed by atoms with Gasteiger partial charge in [-0.15, -0.1) is 22.7 Å². The number of aromatic nitrogens is 2. The second-order valence-electron chi connectivity index (χ2n) is 5.87. The van der Waals surface area contributed by atoms with E-state index in [0.717, 1.165) is 49.2 Å². The van der Waals surface area contributed by atoms with E-state index in [9.17, 15) is 5.26 Å². The van der Waals surface area contributed by atoms with Crippen molar-refractivity contribution in [2.45, 2.75) is 6.54 Å². The van der Waals surface area contributed by atoms with E-state index in [1.54, 1.807) is 28.9 Å². The average molecular weight is 368 g/mol. The second-order valence-corrected chi connectivity index (χ2v) is 7.68. The summed E-state index contributed by atoms with van der Waals surface area (Å²) in [5, 5.41) is 14.6. The lowest BCUT2D eigenvalue weighted by atomic mass is 10.2. The topological polar surface area (TPSA) is 56.1 Å². The number of hydrogen-bond acceptors (Lipinski definition) is 7. The van der Waals surface area contributed by atoms with Gasteiger partial charge in [-0.1, -0.05) is 6.07 Å². The van der Waals surface area contributed by atoms with Gasteiger partial charge in [0.2, 0.25) is 0 Å². The summed E-state index contributed by atoms with van der Waals surface area (Å²) in [6.45, 7) is 4.55. The van der Waals surface area contributed by atoms with Crippen LogP contribution in [0, 0.1) is 11.3 Å². The Kier molecular flexibility index (Phi) is 4.74. The molecule has 3 aromatic heterocycles. The first kappa shape index (κ1) is 16.2. The van der Waals surface area contributed by atoms with E-state index in [1.165, 1.54) is 4.88 Å². The Morgan fingerprint density at radius 3 is 2.76 bits per heavy atom. The summed E-state index contributed by atoms with van der Waals surface area (Å²) in [6, 6.07) is 10.1. The van der Waals surface area contributed by atoms with E-state index in [2.05, 4.69) is 43.7 Å². The minimum atomic E-state index is 0.649. The van der Waals surface area contributed by atoms with Crippen LogP contribution >= 0.6 is 22.7 Å². The van der Waals surface area contributed by atoms with Gasteiger partial charge in [0.05, 0.1) is 16.1 Å². The zero-order chi connectivity index (χ0) is 17.1. The molecule has 7 heteroatoms. The van der Waals surface area contributed by atoms with Crippen molar-refractivity contribution in [2.24, 2.45) is 0 Å². The summed E-state index contributed by atoms with van der Waals surface area (Å²) < 4.78 is 0. The van der Waals surface area contributed by atoms with E-state index in [0.29, 0.717) is 5.56 Å². The minimum Gasteiger partial charge on any atom is -0.353 e. The molecular weight excluding hydrogens is 350 g/mol. The molecule has 0 N–H and O–H groups in total. The van der Waals surface area contributed by atoms with Crippen molar-refractivity contribution in [3.63, 3.8) is 0 Å². The standard InChI is InChI=1S/C18H17N5S2/c19-11-14-3-1-5-20-17(14)23-8-6-22(7-9-23)12-15-13-25-18(21-15)16-4-2-10-24-16/h1-5,10,13H,6-9,12H2. The maximum atomic E-state index is 9.24. The Labute approximate surface area is 154 Å². The predicted octanol–water partition coefficient (Wildman–Crippen LogP) is 3.46. The monoisotopic (exact) mass is 367 g/mol. The highest BCUT2D eigenvalue weighted by Crippen LogP contribution is 2.28. The van der Waals surface area contributed by atoms with Crippen molar-refractivity contribution in [1.82, 2.24) is 14.9 Å². The largest absolute Gasteiger partial charge is 0.353 e. The zero-order valence-electron chi connectivity index (χ0n) is 13.6. The quantitative estimate of drug-likeness (QED) is 0.707. The maximum absolute atomic E-state index is 9.24. The molecule has 25 heavy (non-hydrogen) atoms. The number of piperazine rings is 1. The molecule has 0 aromatic carbocycles. The molecular formula is C18H17N5S2. The Morgan fingerprint density at radius 1 is 1.12 bits per heavy atom. The van der Waals surface area contributed by atoms with Crippen molar-refractivity contribution < 1.29 is 0 Å². The van der Waals surface area contributed by atoms with Crippen LogP contribution in [0.1, 0.15) is 11.3 Å². The summed E-state index contributed by atoms with van der Waals surface area (Å²) in [6.07, 6.45) is 1.75. The molecule has 3 aromatic rings. The third-order valence-corrected chi connectivity index (χ3v) is 6.18. The zero-order valence-corrected chi connectivity index (χ0v) is 15.3. The van der Waals surface area contributed by atoms with E-state index in [4.69, 9.17) is 4.98 Å².